The van der Waals surface area contributed by atoms with Gasteiger partial charge in [-0.25, -0.2) is 0 Å². The molecule has 1 aromatic carbocycles. The van der Waals surface area contributed by atoms with E-state index in [0.29, 0.717) is 11.5 Å². The molecule has 0 spiro atoms. The van der Waals surface area contributed by atoms with Gasteiger partial charge in [0.05, 0.1) is 7.11 Å². The molecule has 0 aliphatic carbocycles. The van der Waals surface area contributed by atoms with Crippen LogP contribution in [-0.4, -0.2) is 19.8 Å². The summed E-state index contributed by atoms with van der Waals surface area (Å²) in [6, 6.07) is 7.77. The van der Waals surface area contributed by atoms with E-state index in [1.165, 1.54) is 0 Å². The Hall–Kier alpha value is -1.73. The first-order valence-electron chi connectivity index (χ1n) is 5.63. The minimum absolute atomic E-state index is 0.0135. The van der Waals surface area contributed by atoms with Crippen LogP contribution < -0.4 is 15.2 Å². The Morgan fingerprint density at radius 3 is 2.76 bits per heavy atom. The minimum Gasteiger partial charge on any atom is -0.493 e. The first-order chi connectivity index (χ1) is 8.21. The van der Waals surface area contributed by atoms with Gasteiger partial charge in [-0.05, 0) is 30.5 Å². The molecule has 0 amide bonds. The molecule has 17 heavy (non-hydrogen) atoms. The fourth-order valence-corrected chi connectivity index (χ4v) is 1.52. The summed E-state index contributed by atoms with van der Waals surface area (Å²) in [4.78, 5) is 0. The van der Waals surface area contributed by atoms with Crippen molar-refractivity contribution in [3.05, 3.63) is 23.8 Å². The summed E-state index contributed by atoms with van der Waals surface area (Å²) in [6.45, 7) is 2.07. The number of nitriles is 1. The van der Waals surface area contributed by atoms with Crippen LogP contribution in [0.5, 0.6) is 11.5 Å². The second kappa shape index (κ2) is 6.77. The Kier molecular flexibility index (Phi) is 5.31. The maximum atomic E-state index is 8.51. The number of hydrogen-bond donors (Lipinski definition) is 1. The SMILES string of the molecule is CCC(N)Cc1ccc(OC)c(OCC#N)c1. The van der Waals surface area contributed by atoms with E-state index in [1.807, 2.05) is 24.3 Å². The molecule has 1 unspecified atom stereocenters. The lowest BCUT2D eigenvalue weighted by Gasteiger charge is -2.12. The number of rotatable bonds is 6. The van der Waals surface area contributed by atoms with Crippen molar-refractivity contribution in [2.45, 2.75) is 25.8 Å². The average Bonchev–Trinajstić information content (AvgIpc) is 2.36. The molecule has 1 rings (SSSR count). The van der Waals surface area contributed by atoms with Crippen molar-refractivity contribution in [3.63, 3.8) is 0 Å². The predicted octanol–water partition coefficient (Wildman–Crippen LogP) is 1.88. The average molecular weight is 234 g/mol. The highest BCUT2D eigenvalue weighted by Crippen LogP contribution is 2.28. The number of ether oxygens (including phenoxy) is 2. The van der Waals surface area contributed by atoms with E-state index in [2.05, 4.69) is 6.92 Å². The van der Waals surface area contributed by atoms with Gasteiger partial charge in [0.15, 0.2) is 18.1 Å². The van der Waals surface area contributed by atoms with E-state index >= 15 is 0 Å². The largest absolute Gasteiger partial charge is 0.493 e. The first-order valence-corrected chi connectivity index (χ1v) is 5.63. The maximum Gasteiger partial charge on any atom is 0.174 e. The van der Waals surface area contributed by atoms with Crippen LogP contribution in [0.3, 0.4) is 0 Å². The molecule has 4 nitrogen and oxygen atoms in total. The van der Waals surface area contributed by atoms with E-state index in [-0.39, 0.29) is 12.6 Å². The summed E-state index contributed by atoms with van der Waals surface area (Å²) < 4.78 is 10.5. The molecule has 0 radical (unpaired) electrons. The second-order valence-corrected chi connectivity index (χ2v) is 3.80. The lowest BCUT2D eigenvalue weighted by molar-refractivity contribution is 0.329. The fourth-order valence-electron chi connectivity index (χ4n) is 1.52. The van der Waals surface area contributed by atoms with Crippen molar-refractivity contribution in [2.24, 2.45) is 5.73 Å². The molecule has 0 bridgehead atoms. The molecule has 0 saturated heterocycles. The number of benzene rings is 1. The van der Waals surface area contributed by atoms with Gasteiger partial charge in [-0.15, -0.1) is 0 Å². The Morgan fingerprint density at radius 1 is 1.41 bits per heavy atom. The lowest BCUT2D eigenvalue weighted by Crippen LogP contribution is -2.21. The van der Waals surface area contributed by atoms with Crippen LogP contribution in [0.2, 0.25) is 0 Å². The van der Waals surface area contributed by atoms with E-state index < -0.39 is 0 Å². The number of nitrogens with two attached hydrogens (primary N) is 1. The first kappa shape index (κ1) is 13.3. The molecule has 1 atom stereocenters. The number of methoxy groups -OCH3 is 1. The van der Waals surface area contributed by atoms with Crippen molar-refractivity contribution in [1.82, 2.24) is 0 Å². The van der Waals surface area contributed by atoms with Crippen molar-refractivity contribution in [1.29, 1.82) is 5.26 Å². The number of hydrogen-bond acceptors (Lipinski definition) is 4. The lowest BCUT2D eigenvalue weighted by atomic mass is 10.0. The van der Waals surface area contributed by atoms with E-state index in [9.17, 15) is 0 Å². The van der Waals surface area contributed by atoms with Gasteiger partial charge in [0, 0.05) is 6.04 Å². The Labute approximate surface area is 102 Å². The second-order valence-electron chi connectivity index (χ2n) is 3.80. The minimum atomic E-state index is 0.0135. The van der Waals surface area contributed by atoms with Gasteiger partial charge in [0.1, 0.15) is 6.07 Å². The molecular weight excluding hydrogens is 216 g/mol. The fraction of sp³-hybridized carbons (Fsp3) is 0.462. The molecule has 0 saturated carbocycles. The molecule has 0 heterocycles. The van der Waals surface area contributed by atoms with E-state index in [0.717, 1.165) is 18.4 Å². The zero-order chi connectivity index (χ0) is 12.7. The van der Waals surface area contributed by atoms with Gasteiger partial charge < -0.3 is 15.2 Å². The van der Waals surface area contributed by atoms with Crippen molar-refractivity contribution in [2.75, 3.05) is 13.7 Å². The standard InChI is InChI=1S/C13H18N2O2/c1-3-11(15)8-10-4-5-12(16-2)13(9-10)17-7-6-14/h4-5,9,11H,3,7-8,15H2,1-2H3. The van der Waals surface area contributed by atoms with E-state index in [4.69, 9.17) is 20.5 Å². The van der Waals surface area contributed by atoms with Crippen molar-refractivity contribution < 1.29 is 9.47 Å². The van der Waals surface area contributed by atoms with Gasteiger partial charge in [-0.2, -0.15) is 5.26 Å². The van der Waals surface area contributed by atoms with Crippen LogP contribution in [0.4, 0.5) is 0 Å². The quantitative estimate of drug-likeness (QED) is 0.816. The molecule has 92 valence electrons. The Balaban J connectivity index is 2.84. The summed E-state index contributed by atoms with van der Waals surface area (Å²) in [5, 5.41) is 8.51. The summed E-state index contributed by atoms with van der Waals surface area (Å²) in [6.07, 6.45) is 1.73. The summed E-state index contributed by atoms with van der Waals surface area (Å²) in [5.41, 5.74) is 6.99. The Bertz CT molecular complexity index is 399. The smallest absolute Gasteiger partial charge is 0.174 e. The molecule has 1 aromatic rings. The predicted molar refractivity (Wildman–Crippen MR) is 66.1 cm³/mol. The van der Waals surface area contributed by atoms with Gasteiger partial charge in [0.2, 0.25) is 0 Å². The van der Waals surface area contributed by atoms with Gasteiger partial charge in [-0.1, -0.05) is 13.0 Å². The van der Waals surface area contributed by atoms with Crippen LogP contribution in [0, 0.1) is 11.3 Å². The molecule has 2 N–H and O–H groups in total. The van der Waals surface area contributed by atoms with Crippen LogP contribution in [0.1, 0.15) is 18.9 Å². The highest BCUT2D eigenvalue weighted by Gasteiger charge is 2.08. The topological polar surface area (TPSA) is 68.3 Å². The normalized spacial score (nSPS) is 11.6. The zero-order valence-electron chi connectivity index (χ0n) is 10.3. The van der Waals surface area contributed by atoms with Crippen LogP contribution in [-0.2, 0) is 6.42 Å². The maximum absolute atomic E-state index is 8.51. The molecule has 4 heteroatoms. The molecule has 0 aliphatic rings. The summed E-state index contributed by atoms with van der Waals surface area (Å²) in [7, 11) is 1.58. The van der Waals surface area contributed by atoms with Gasteiger partial charge >= 0.3 is 0 Å². The van der Waals surface area contributed by atoms with Crippen LogP contribution in [0.15, 0.2) is 18.2 Å². The van der Waals surface area contributed by atoms with Crippen molar-refractivity contribution >= 4 is 0 Å². The highest BCUT2D eigenvalue weighted by molar-refractivity contribution is 5.43. The van der Waals surface area contributed by atoms with Gasteiger partial charge in [0.25, 0.3) is 0 Å². The molecule has 0 aromatic heterocycles. The molecule has 0 fully saturated rings. The van der Waals surface area contributed by atoms with Crippen molar-refractivity contribution in [3.8, 4) is 17.6 Å². The monoisotopic (exact) mass is 234 g/mol. The highest BCUT2D eigenvalue weighted by atomic mass is 16.5. The number of nitrogens with zero attached hydrogens (tertiary/aromatic N) is 1. The Morgan fingerprint density at radius 2 is 2.18 bits per heavy atom. The third-order valence-electron chi connectivity index (χ3n) is 2.54. The summed E-state index contributed by atoms with van der Waals surface area (Å²) >= 11 is 0. The molecular formula is C13H18N2O2. The zero-order valence-corrected chi connectivity index (χ0v) is 10.3. The van der Waals surface area contributed by atoms with Crippen LogP contribution >= 0.6 is 0 Å². The molecule has 0 aliphatic heterocycles. The third kappa shape index (κ3) is 3.97. The van der Waals surface area contributed by atoms with Gasteiger partial charge in [-0.3, -0.25) is 0 Å². The summed E-state index contributed by atoms with van der Waals surface area (Å²) in [5.74, 6) is 1.23. The van der Waals surface area contributed by atoms with E-state index in [1.54, 1.807) is 7.11 Å². The van der Waals surface area contributed by atoms with Crippen LogP contribution in [0.25, 0.3) is 0 Å². The third-order valence-corrected chi connectivity index (χ3v) is 2.54.